The molecule has 1 saturated carbocycles. The molecule has 0 aliphatic heterocycles. The number of aromatic nitrogens is 2. The second-order valence-electron chi connectivity index (χ2n) is 5.10. The molecule has 1 aliphatic rings. The van der Waals surface area contributed by atoms with Crippen molar-refractivity contribution in [3.8, 4) is 0 Å². The number of nitrogens with one attached hydrogen (secondary N) is 3. The van der Waals surface area contributed by atoms with Crippen LogP contribution in [0.2, 0.25) is 0 Å². The van der Waals surface area contributed by atoms with Crippen LogP contribution in [0.5, 0.6) is 0 Å². The highest BCUT2D eigenvalue weighted by molar-refractivity contribution is 7.93. The lowest BCUT2D eigenvalue weighted by atomic mass is 10.3. The van der Waals surface area contributed by atoms with Gasteiger partial charge in [-0.15, -0.1) is 11.3 Å². The molecule has 3 rings (SSSR count). The highest BCUT2D eigenvalue weighted by atomic mass is 32.2. The van der Waals surface area contributed by atoms with Crippen molar-refractivity contribution >= 4 is 26.5 Å². The van der Waals surface area contributed by atoms with Gasteiger partial charge in [-0.3, -0.25) is 4.72 Å². The quantitative estimate of drug-likeness (QED) is 0.728. The van der Waals surface area contributed by atoms with Gasteiger partial charge in [0.2, 0.25) is 0 Å². The molecule has 8 heteroatoms. The largest absolute Gasteiger partial charge is 0.363 e. The van der Waals surface area contributed by atoms with Gasteiger partial charge < -0.3 is 10.3 Å². The topological polar surface area (TPSA) is 86.9 Å². The van der Waals surface area contributed by atoms with Gasteiger partial charge in [-0.2, -0.15) is 0 Å². The van der Waals surface area contributed by atoms with E-state index in [0.717, 1.165) is 30.8 Å². The SMILES string of the molecule is CCNCc1cc(S(=O)(=O)Nc2nc(C3CC3)cs2)c[nH]1. The molecule has 0 bridgehead atoms. The molecule has 0 atom stereocenters. The lowest BCUT2D eigenvalue weighted by molar-refractivity contribution is 0.601. The molecule has 0 unspecified atom stereocenters. The molecule has 0 spiro atoms. The molecule has 1 fully saturated rings. The Morgan fingerprint density at radius 1 is 1.48 bits per heavy atom. The van der Waals surface area contributed by atoms with Crippen LogP contribution in [0.4, 0.5) is 5.13 Å². The summed E-state index contributed by atoms with van der Waals surface area (Å²) in [5, 5.41) is 5.52. The number of hydrogen-bond acceptors (Lipinski definition) is 5. The Labute approximate surface area is 128 Å². The first-order valence-corrected chi connectivity index (χ1v) is 9.31. The van der Waals surface area contributed by atoms with E-state index in [1.54, 1.807) is 6.07 Å². The van der Waals surface area contributed by atoms with Gasteiger partial charge >= 0.3 is 0 Å². The molecule has 2 heterocycles. The minimum absolute atomic E-state index is 0.235. The van der Waals surface area contributed by atoms with Gasteiger partial charge in [0.1, 0.15) is 4.90 Å². The van der Waals surface area contributed by atoms with Crippen molar-refractivity contribution in [2.24, 2.45) is 0 Å². The Bertz CT molecular complexity index is 716. The first-order valence-electron chi connectivity index (χ1n) is 6.94. The van der Waals surface area contributed by atoms with E-state index in [1.807, 2.05) is 12.3 Å². The Morgan fingerprint density at radius 2 is 2.29 bits per heavy atom. The number of thiazole rings is 1. The van der Waals surface area contributed by atoms with Crippen LogP contribution in [0.3, 0.4) is 0 Å². The fourth-order valence-corrected chi connectivity index (χ4v) is 4.07. The highest BCUT2D eigenvalue weighted by Gasteiger charge is 2.27. The van der Waals surface area contributed by atoms with Gasteiger partial charge in [0.15, 0.2) is 5.13 Å². The van der Waals surface area contributed by atoms with Crippen LogP contribution < -0.4 is 10.0 Å². The number of nitrogens with zero attached hydrogens (tertiary/aromatic N) is 1. The zero-order valence-electron chi connectivity index (χ0n) is 11.7. The van der Waals surface area contributed by atoms with Crippen LogP contribution in [-0.2, 0) is 16.6 Å². The average molecular weight is 326 g/mol. The van der Waals surface area contributed by atoms with E-state index in [9.17, 15) is 8.42 Å². The number of anilines is 1. The Morgan fingerprint density at radius 3 is 3.00 bits per heavy atom. The third kappa shape index (κ3) is 3.45. The molecule has 0 amide bonds. The van der Waals surface area contributed by atoms with Crippen molar-refractivity contribution in [3.63, 3.8) is 0 Å². The lowest BCUT2D eigenvalue weighted by Crippen LogP contribution is -2.13. The maximum atomic E-state index is 12.3. The molecule has 0 radical (unpaired) electrons. The van der Waals surface area contributed by atoms with E-state index in [-0.39, 0.29) is 4.90 Å². The summed E-state index contributed by atoms with van der Waals surface area (Å²) < 4.78 is 27.1. The van der Waals surface area contributed by atoms with Crippen LogP contribution in [0.15, 0.2) is 22.5 Å². The maximum absolute atomic E-state index is 12.3. The molecule has 0 saturated heterocycles. The summed E-state index contributed by atoms with van der Waals surface area (Å²) in [7, 11) is -3.57. The van der Waals surface area contributed by atoms with E-state index in [0.29, 0.717) is 17.6 Å². The van der Waals surface area contributed by atoms with Crippen molar-refractivity contribution in [2.75, 3.05) is 11.3 Å². The van der Waals surface area contributed by atoms with Crippen molar-refractivity contribution in [2.45, 2.75) is 37.1 Å². The summed E-state index contributed by atoms with van der Waals surface area (Å²) in [6.07, 6.45) is 3.81. The Balaban J connectivity index is 1.71. The van der Waals surface area contributed by atoms with Gasteiger partial charge in [0.25, 0.3) is 10.0 Å². The van der Waals surface area contributed by atoms with Gasteiger partial charge in [-0.05, 0) is 25.5 Å². The van der Waals surface area contributed by atoms with Crippen molar-refractivity contribution in [1.82, 2.24) is 15.3 Å². The third-order valence-electron chi connectivity index (χ3n) is 3.33. The monoisotopic (exact) mass is 326 g/mol. The first kappa shape index (κ1) is 14.6. The molecular formula is C13H18N4O2S2. The molecule has 2 aromatic heterocycles. The standard InChI is InChI=1S/C13H18N4O2S2/c1-2-14-6-10-5-11(7-15-10)21(18,19)17-13-16-12(8-20-13)9-3-4-9/h5,7-9,14-15H,2-4,6H2,1H3,(H,16,17). The maximum Gasteiger partial charge on any atom is 0.265 e. The zero-order valence-corrected chi connectivity index (χ0v) is 13.4. The van der Waals surface area contributed by atoms with E-state index in [2.05, 4.69) is 20.0 Å². The van der Waals surface area contributed by atoms with Crippen LogP contribution in [-0.4, -0.2) is 24.9 Å². The lowest BCUT2D eigenvalue weighted by Gasteiger charge is -2.02. The number of aromatic amines is 1. The number of sulfonamides is 1. The summed E-state index contributed by atoms with van der Waals surface area (Å²) in [6.45, 7) is 3.46. The second-order valence-corrected chi connectivity index (χ2v) is 7.64. The van der Waals surface area contributed by atoms with E-state index in [1.165, 1.54) is 17.5 Å². The molecular weight excluding hydrogens is 308 g/mol. The predicted molar refractivity (Wildman–Crippen MR) is 83.1 cm³/mol. The first-order chi connectivity index (χ1) is 10.1. The summed E-state index contributed by atoms with van der Waals surface area (Å²) in [5.74, 6) is 0.526. The molecule has 2 aromatic rings. The molecule has 21 heavy (non-hydrogen) atoms. The summed E-state index contributed by atoms with van der Waals surface area (Å²) in [5.41, 5.74) is 1.84. The fourth-order valence-electron chi connectivity index (χ4n) is 2.01. The summed E-state index contributed by atoms with van der Waals surface area (Å²) in [4.78, 5) is 7.55. The van der Waals surface area contributed by atoms with Gasteiger partial charge in [-0.25, -0.2) is 13.4 Å². The molecule has 1 aliphatic carbocycles. The van der Waals surface area contributed by atoms with Crippen LogP contribution in [0.25, 0.3) is 0 Å². The average Bonchev–Trinajstić information content (AvgIpc) is 3.00. The normalized spacial score (nSPS) is 15.3. The van der Waals surface area contributed by atoms with Crippen molar-refractivity contribution < 1.29 is 8.42 Å². The number of rotatable bonds is 7. The summed E-state index contributed by atoms with van der Waals surface area (Å²) >= 11 is 1.34. The Kier molecular flexibility index (Phi) is 4.01. The fraction of sp³-hybridized carbons (Fsp3) is 0.462. The minimum atomic E-state index is -3.57. The third-order valence-corrected chi connectivity index (χ3v) is 5.55. The molecule has 3 N–H and O–H groups in total. The van der Waals surface area contributed by atoms with E-state index in [4.69, 9.17) is 0 Å². The van der Waals surface area contributed by atoms with E-state index < -0.39 is 10.0 Å². The molecule has 114 valence electrons. The smallest absolute Gasteiger partial charge is 0.265 e. The number of hydrogen-bond donors (Lipinski definition) is 3. The molecule has 6 nitrogen and oxygen atoms in total. The Hall–Kier alpha value is -1.38. The molecule has 0 aromatic carbocycles. The minimum Gasteiger partial charge on any atom is -0.363 e. The van der Waals surface area contributed by atoms with Gasteiger partial charge in [0, 0.05) is 29.7 Å². The van der Waals surface area contributed by atoms with Crippen LogP contribution in [0, 0.1) is 0 Å². The van der Waals surface area contributed by atoms with Crippen molar-refractivity contribution in [1.29, 1.82) is 0 Å². The number of H-pyrrole nitrogens is 1. The van der Waals surface area contributed by atoms with E-state index >= 15 is 0 Å². The van der Waals surface area contributed by atoms with Gasteiger partial charge in [0.05, 0.1) is 5.69 Å². The van der Waals surface area contributed by atoms with Crippen LogP contribution >= 0.6 is 11.3 Å². The predicted octanol–water partition coefficient (Wildman–Crippen LogP) is 2.26. The summed E-state index contributed by atoms with van der Waals surface area (Å²) in [6, 6.07) is 1.64. The van der Waals surface area contributed by atoms with Gasteiger partial charge in [-0.1, -0.05) is 6.92 Å². The zero-order chi connectivity index (χ0) is 14.9. The second kappa shape index (κ2) is 5.78. The van der Waals surface area contributed by atoms with Crippen molar-refractivity contribution in [3.05, 3.63) is 29.0 Å². The van der Waals surface area contributed by atoms with Crippen LogP contribution in [0.1, 0.15) is 37.1 Å². The highest BCUT2D eigenvalue weighted by Crippen LogP contribution is 2.41.